The Morgan fingerprint density at radius 2 is 1.74 bits per heavy atom. The molecule has 5 nitrogen and oxygen atoms in total. The van der Waals surface area contributed by atoms with Crippen molar-refractivity contribution in [3.05, 3.63) is 64.1 Å². The van der Waals surface area contributed by atoms with Crippen LogP contribution in [0.5, 0.6) is 5.75 Å². The molecule has 1 atom stereocenters. The number of amides is 1. The van der Waals surface area contributed by atoms with Gasteiger partial charge < -0.3 is 15.2 Å². The zero-order valence-corrected chi connectivity index (χ0v) is 14.0. The minimum absolute atomic E-state index is 0.0703. The Morgan fingerprint density at radius 3 is 2.30 bits per heavy atom. The number of benzene rings is 2. The highest BCUT2D eigenvalue weighted by Crippen LogP contribution is 2.13. The van der Waals surface area contributed by atoms with Gasteiger partial charge in [0.05, 0.1) is 7.11 Å². The Kier molecular flexibility index (Phi) is 5.76. The highest BCUT2D eigenvalue weighted by molar-refractivity contribution is 9.10. The predicted molar refractivity (Wildman–Crippen MR) is 89.2 cm³/mol. The molecule has 0 fully saturated rings. The maximum Gasteiger partial charge on any atom is 0.328 e. The Hall–Kier alpha value is -2.34. The van der Waals surface area contributed by atoms with Crippen molar-refractivity contribution in [3.63, 3.8) is 0 Å². The average Bonchev–Trinajstić information content (AvgIpc) is 2.56. The Labute approximate surface area is 142 Å². The Morgan fingerprint density at radius 1 is 1.13 bits per heavy atom. The number of aromatic hydroxyl groups is 1. The van der Waals surface area contributed by atoms with Gasteiger partial charge in [-0.25, -0.2) is 4.79 Å². The van der Waals surface area contributed by atoms with Crippen molar-refractivity contribution < 1.29 is 19.4 Å². The fourth-order valence-electron chi connectivity index (χ4n) is 2.05. The molecule has 0 aromatic heterocycles. The molecular formula is C17H16BrNO4. The summed E-state index contributed by atoms with van der Waals surface area (Å²) in [6.45, 7) is 0. The molecule has 0 aliphatic rings. The zero-order chi connectivity index (χ0) is 16.8. The molecule has 0 bridgehead atoms. The third-order valence-corrected chi connectivity index (χ3v) is 3.80. The first kappa shape index (κ1) is 17.0. The van der Waals surface area contributed by atoms with Crippen molar-refractivity contribution in [3.8, 4) is 5.75 Å². The van der Waals surface area contributed by atoms with Crippen molar-refractivity contribution >= 4 is 27.8 Å². The van der Waals surface area contributed by atoms with E-state index in [1.165, 1.54) is 31.4 Å². The summed E-state index contributed by atoms with van der Waals surface area (Å²) in [5.74, 6) is -0.849. The SMILES string of the molecule is COC(=O)[C@H](Cc1ccc(Br)cc1)NC(=O)c1ccc(O)cc1. The monoisotopic (exact) mass is 377 g/mol. The van der Waals surface area contributed by atoms with Crippen LogP contribution in [-0.2, 0) is 16.0 Å². The van der Waals surface area contributed by atoms with E-state index in [4.69, 9.17) is 4.74 Å². The van der Waals surface area contributed by atoms with Crippen molar-refractivity contribution in [2.24, 2.45) is 0 Å². The first-order valence-corrected chi connectivity index (χ1v) is 7.71. The highest BCUT2D eigenvalue weighted by atomic mass is 79.9. The standard InChI is InChI=1S/C17H16BrNO4/c1-23-17(22)15(10-11-2-6-13(18)7-3-11)19-16(21)12-4-8-14(20)9-5-12/h2-9,15,20H,10H2,1H3,(H,19,21)/t15-/m0/s1. The molecule has 0 saturated carbocycles. The largest absolute Gasteiger partial charge is 0.508 e. The normalized spacial score (nSPS) is 11.6. The fraction of sp³-hybridized carbons (Fsp3) is 0.176. The van der Waals surface area contributed by atoms with Crippen LogP contribution in [0.4, 0.5) is 0 Å². The number of ether oxygens (including phenoxy) is 1. The van der Waals surface area contributed by atoms with E-state index < -0.39 is 17.9 Å². The summed E-state index contributed by atoms with van der Waals surface area (Å²) >= 11 is 3.35. The van der Waals surface area contributed by atoms with Gasteiger partial charge in [0.1, 0.15) is 11.8 Å². The van der Waals surface area contributed by atoms with Crippen LogP contribution in [0.2, 0.25) is 0 Å². The summed E-state index contributed by atoms with van der Waals surface area (Å²) in [6, 6.07) is 12.5. The van der Waals surface area contributed by atoms with Gasteiger partial charge in [-0.3, -0.25) is 4.79 Å². The van der Waals surface area contributed by atoms with E-state index in [1.54, 1.807) is 0 Å². The molecule has 2 N–H and O–H groups in total. The average molecular weight is 378 g/mol. The van der Waals surface area contributed by atoms with Crippen LogP contribution >= 0.6 is 15.9 Å². The molecule has 120 valence electrons. The Balaban J connectivity index is 2.12. The van der Waals surface area contributed by atoms with Crippen LogP contribution in [0.3, 0.4) is 0 Å². The van der Waals surface area contributed by atoms with Crippen LogP contribution < -0.4 is 5.32 Å². The number of hydrogen-bond donors (Lipinski definition) is 2. The molecule has 1 amide bonds. The van der Waals surface area contributed by atoms with Crippen LogP contribution in [0.15, 0.2) is 53.0 Å². The molecule has 0 aliphatic heterocycles. The molecule has 0 unspecified atom stereocenters. The van der Waals surface area contributed by atoms with E-state index in [1.807, 2.05) is 24.3 Å². The molecule has 6 heteroatoms. The molecule has 2 aromatic rings. The van der Waals surface area contributed by atoms with Crippen molar-refractivity contribution in [1.82, 2.24) is 5.32 Å². The van der Waals surface area contributed by atoms with Gasteiger partial charge >= 0.3 is 5.97 Å². The highest BCUT2D eigenvalue weighted by Gasteiger charge is 2.22. The van der Waals surface area contributed by atoms with Crippen LogP contribution in [0.1, 0.15) is 15.9 Å². The van der Waals surface area contributed by atoms with Crippen molar-refractivity contribution in [2.75, 3.05) is 7.11 Å². The van der Waals surface area contributed by atoms with E-state index in [2.05, 4.69) is 21.2 Å². The van der Waals surface area contributed by atoms with Crippen LogP contribution in [0, 0.1) is 0 Å². The quantitative estimate of drug-likeness (QED) is 0.785. The maximum atomic E-state index is 12.2. The van der Waals surface area contributed by atoms with E-state index in [0.717, 1.165) is 10.0 Å². The second-order valence-electron chi connectivity index (χ2n) is 4.93. The molecule has 2 aromatic carbocycles. The molecule has 0 saturated heterocycles. The summed E-state index contributed by atoms with van der Waals surface area (Å²) in [4.78, 5) is 24.1. The fourth-order valence-corrected chi connectivity index (χ4v) is 2.31. The third kappa shape index (κ3) is 4.82. The third-order valence-electron chi connectivity index (χ3n) is 3.27. The number of hydrogen-bond acceptors (Lipinski definition) is 4. The predicted octanol–water partition coefficient (Wildman–Crippen LogP) is 2.67. The molecule has 0 radical (unpaired) electrons. The van der Waals surface area contributed by atoms with Gasteiger partial charge in [0, 0.05) is 16.5 Å². The number of phenolic OH excluding ortho intramolecular Hbond substituents is 1. The number of methoxy groups -OCH3 is 1. The number of esters is 1. The molecule has 0 spiro atoms. The lowest BCUT2D eigenvalue weighted by molar-refractivity contribution is -0.142. The van der Waals surface area contributed by atoms with E-state index in [-0.39, 0.29) is 5.75 Å². The Bertz CT molecular complexity index is 683. The van der Waals surface area contributed by atoms with E-state index in [0.29, 0.717) is 12.0 Å². The lowest BCUT2D eigenvalue weighted by atomic mass is 10.1. The van der Waals surface area contributed by atoms with Gasteiger partial charge in [0.25, 0.3) is 5.91 Å². The van der Waals surface area contributed by atoms with Crippen LogP contribution in [-0.4, -0.2) is 30.1 Å². The number of halogens is 1. The second-order valence-corrected chi connectivity index (χ2v) is 5.84. The van der Waals surface area contributed by atoms with Crippen LogP contribution in [0.25, 0.3) is 0 Å². The number of carbonyl (C=O) groups is 2. The number of carbonyl (C=O) groups excluding carboxylic acids is 2. The van der Waals surface area contributed by atoms with Gasteiger partial charge in [-0.2, -0.15) is 0 Å². The molecule has 0 heterocycles. The minimum Gasteiger partial charge on any atom is -0.508 e. The van der Waals surface area contributed by atoms with Gasteiger partial charge in [-0.15, -0.1) is 0 Å². The second kappa shape index (κ2) is 7.78. The number of phenols is 1. The minimum atomic E-state index is -0.789. The summed E-state index contributed by atoms with van der Waals surface area (Å²) < 4.78 is 5.70. The van der Waals surface area contributed by atoms with Gasteiger partial charge in [-0.05, 0) is 42.0 Å². The van der Waals surface area contributed by atoms with E-state index in [9.17, 15) is 14.7 Å². The van der Waals surface area contributed by atoms with Crippen molar-refractivity contribution in [2.45, 2.75) is 12.5 Å². The summed E-state index contributed by atoms with van der Waals surface area (Å²) in [6.07, 6.45) is 0.323. The smallest absolute Gasteiger partial charge is 0.328 e. The summed E-state index contributed by atoms with van der Waals surface area (Å²) in [7, 11) is 1.28. The lowest BCUT2D eigenvalue weighted by Crippen LogP contribution is -2.43. The first-order valence-electron chi connectivity index (χ1n) is 6.92. The maximum absolute atomic E-state index is 12.2. The van der Waals surface area contributed by atoms with E-state index >= 15 is 0 Å². The first-order chi connectivity index (χ1) is 11.0. The molecular weight excluding hydrogens is 362 g/mol. The van der Waals surface area contributed by atoms with Gasteiger partial charge in [0.2, 0.25) is 0 Å². The van der Waals surface area contributed by atoms with Gasteiger partial charge in [-0.1, -0.05) is 28.1 Å². The zero-order valence-electron chi connectivity index (χ0n) is 12.5. The molecule has 2 rings (SSSR count). The number of rotatable bonds is 5. The molecule has 0 aliphatic carbocycles. The summed E-state index contributed by atoms with van der Waals surface area (Å²) in [5, 5.41) is 11.9. The molecule has 23 heavy (non-hydrogen) atoms. The summed E-state index contributed by atoms with van der Waals surface area (Å²) in [5.41, 5.74) is 1.25. The lowest BCUT2D eigenvalue weighted by Gasteiger charge is -2.17. The van der Waals surface area contributed by atoms with Gasteiger partial charge in [0.15, 0.2) is 0 Å². The topological polar surface area (TPSA) is 75.6 Å². The number of nitrogens with one attached hydrogen (secondary N) is 1. The van der Waals surface area contributed by atoms with Crippen molar-refractivity contribution in [1.29, 1.82) is 0 Å².